The lowest BCUT2D eigenvalue weighted by atomic mass is 10.2. The normalized spacial score (nSPS) is 25.1. The number of hydrogen-bond acceptors (Lipinski definition) is 5. The Morgan fingerprint density at radius 3 is 2.94 bits per heavy atom. The molecule has 0 aromatic carbocycles. The van der Waals surface area contributed by atoms with E-state index in [1.807, 2.05) is 6.92 Å². The van der Waals surface area contributed by atoms with E-state index in [1.165, 1.54) is 4.88 Å². The minimum Gasteiger partial charge on any atom is -0.372 e. The maximum absolute atomic E-state index is 5.75. The summed E-state index contributed by atoms with van der Waals surface area (Å²) in [4.78, 5) is 5.72. The zero-order valence-electron chi connectivity index (χ0n) is 10.7. The van der Waals surface area contributed by atoms with Crippen molar-refractivity contribution in [3.05, 3.63) is 15.6 Å². The van der Waals surface area contributed by atoms with Crippen molar-refractivity contribution in [2.24, 2.45) is 0 Å². The fourth-order valence-electron chi connectivity index (χ4n) is 1.85. The zero-order valence-corrected chi connectivity index (χ0v) is 11.5. The molecule has 1 aromatic rings. The summed E-state index contributed by atoms with van der Waals surface area (Å²) in [6.45, 7) is 9.23. The Morgan fingerprint density at radius 1 is 1.47 bits per heavy atom. The lowest BCUT2D eigenvalue weighted by Gasteiger charge is -2.28. The SMILES string of the molecule is Cc1nc(COCC2CNCC(C)O2)sc1C. The first-order valence-corrected chi connectivity index (χ1v) is 6.83. The first-order valence-electron chi connectivity index (χ1n) is 6.02. The van der Waals surface area contributed by atoms with Crippen molar-refractivity contribution in [1.82, 2.24) is 10.3 Å². The predicted molar refractivity (Wildman–Crippen MR) is 68.4 cm³/mol. The summed E-state index contributed by atoms with van der Waals surface area (Å²) in [7, 11) is 0. The fraction of sp³-hybridized carbons (Fsp3) is 0.750. The van der Waals surface area contributed by atoms with Crippen LogP contribution in [0.3, 0.4) is 0 Å². The van der Waals surface area contributed by atoms with Crippen molar-refractivity contribution in [3.8, 4) is 0 Å². The van der Waals surface area contributed by atoms with E-state index < -0.39 is 0 Å². The van der Waals surface area contributed by atoms with Crippen LogP contribution in [0, 0.1) is 13.8 Å². The number of thiazole rings is 1. The Morgan fingerprint density at radius 2 is 2.29 bits per heavy atom. The van der Waals surface area contributed by atoms with Gasteiger partial charge >= 0.3 is 0 Å². The van der Waals surface area contributed by atoms with Gasteiger partial charge in [-0.25, -0.2) is 4.98 Å². The third-order valence-corrected chi connectivity index (χ3v) is 3.88. The van der Waals surface area contributed by atoms with Crippen molar-refractivity contribution in [3.63, 3.8) is 0 Å². The number of nitrogens with one attached hydrogen (secondary N) is 1. The number of aryl methyl sites for hydroxylation is 2. The van der Waals surface area contributed by atoms with Gasteiger partial charge < -0.3 is 14.8 Å². The molecule has 1 N–H and O–H groups in total. The lowest BCUT2D eigenvalue weighted by molar-refractivity contribution is -0.0716. The smallest absolute Gasteiger partial charge is 0.119 e. The molecule has 0 amide bonds. The summed E-state index contributed by atoms with van der Waals surface area (Å²) in [5, 5.41) is 4.38. The molecule has 2 unspecified atom stereocenters. The molecule has 1 aromatic heterocycles. The summed E-state index contributed by atoms with van der Waals surface area (Å²) in [5.41, 5.74) is 1.11. The van der Waals surface area contributed by atoms with Crippen LogP contribution in [-0.2, 0) is 16.1 Å². The summed E-state index contributed by atoms with van der Waals surface area (Å²) in [6, 6.07) is 0. The van der Waals surface area contributed by atoms with Crippen molar-refractivity contribution in [1.29, 1.82) is 0 Å². The molecule has 0 bridgehead atoms. The molecule has 2 heterocycles. The van der Waals surface area contributed by atoms with Crippen LogP contribution in [0.2, 0.25) is 0 Å². The number of aromatic nitrogens is 1. The van der Waals surface area contributed by atoms with Gasteiger partial charge in [0.2, 0.25) is 0 Å². The Kier molecular flexibility index (Phi) is 4.50. The highest BCUT2D eigenvalue weighted by Gasteiger charge is 2.18. The molecule has 17 heavy (non-hydrogen) atoms. The van der Waals surface area contributed by atoms with Crippen molar-refractivity contribution in [2.45, 2.75) is 39.6 Å². The topological polar surface area (TPSA) is 43.4 Å². The number of ether oxygens (including phenoxy) is 2. The van der Waals surface area contributed by atoms with Gasteiger partial charge in [-0.1, -0.05) is 0 Å². The summed E-state index contributed by atoms with van der Waals surface area (Å²) < 4.78 is 11.4. The molecule has 96 valence electrons. The van der Waals surface area contributed by atoms with Crippen LogP contribution in [0.1, 0.15) is 22.5 Å². The maximum atomic E-state index is 5.75. The molecule has 1 aliphatic rings. The highest BCUT2D eigenvalue weighted by atomic mass is 32.1. The van der Waals surface area contributed by atoms with Gasteiger partial charge in [0.05, 0.1) is 31.1 Å². The first kappa shape index (κ1) is 13.0. The largest absolute Gasteiger partial charge is 0.372 e. The predicted octanol–water partition coefficient (Wildman–Crippen LogP) is 1.65. The first-order chi connectivity index (χ1) is 8.15. The summed E-state index contributed by atoms with van der Waals surface area (Å²) in [5.74, 6) is 0. The molecule has 0 spiro atoms. The van der Waals surface area contributed by atoms with Crippen LogP contribution in [0.4, 0.5) is 0 Å². The Hall–Kier alpha value is -0.490. The van der Waals surface area contributed by atoms with E-state index in [1.54, 1.807) is 11.3 Å². The van der Waals surface area contributed by atoms with Crippen LogP contribution in [0.5, 0.6) is 0 Å². The van der Waals surface area contributed by atoms with Crippen LogP contribution < -0.4 is 5.32 Å². The molecule has 1 fully saturated rings. The highest BCUT2D eigenvalue weighted by Crippen LogP contribution is 2.17. The third-order valence-electron chi connectivity index (χ3n) is 2.83. The van der Waals surface area contributed by atoms with E-state index in [0.717, 1.165) is 23.8 Å². The van der Waals surface area contributed by atoms with Gasteiger partial charge in [0.1, 0.15) is 5.01 Å². The molecule has 1 saturated heterocycles. The van der Waals surface area contributed by atoms with Gasteiger partial charge in [-0.3, -0.25) is 0 Å². The molecular formula is C12H20N2O2S. The number of rotatable bonds is 4. The average Bonchev–Trinajstić information content (AvgIpc) is 2.58. The van der Waals surface area contributed by atoms with E-state index in [-0.39, 0.29) is 12.2 Å². The quantitative estimate of drug-likeness (QED) is 0.889. The van der Waals surface area contributed by atoms with Crippen LogP contribution in [0.25, 0.3) is 0 Å². The van der Waals surface area contributed by atoms with Crippen molar-refractivity contribution < 1.29 is 9.47 Å². The van der Waals surface area contributed by atoms with E-state index in [9.17, 15) is 0 Å². The van der Waals surface area contributed by atoms with Crippen LogP contribution >= 0.6 is 11.3 Å². The Balaban J connectivity index is 1.72. The average molecular weight is 256 g/mol. The Labute approximate surface area is 106 Å². The minimum atomic E-state index is 0.168. The second kappa shape index (κ2) is 5.91. The Bertz CT molecular complexity index is 348. The van der Waals surface area contributed by atoms with Gasteiger partial charge in [0.15, 0.2) is 0 Å². The standard InChI is InChI=1S/C12H20N2O2S/c1-8-4-13-5-11(16-8)6-15-7-12-14-9(2)10(3)17-12/h8,11,13H,4-7H2,1-3H3. The minimum absolute atomic E-state index is 0.168. The molecular weight excluding hydrogens is 236 g/mol. The number of hydrogen-bond donors (Lipinski definition) is 1. The monoisotopic (exact) mass is 256 g/mol. The zero-order chi connectivity index (χ0) is 12.3. The number of nitrogens with zero attached hydrogens (tertiary/aromatic N) is 1. The number of morpholine rings is 1. The van der Waals surface area contributed by atoms with Crippen molar-refractivity contribution in [2.75, 3.05) is 19.7 Å². The molecule has 2 atom stereocenters. The molecule has 4 nitrogen and oxygen atoms in total. The molecule has 1 aliphatic heterocycles. The van der Waals surface area contributed by atoms with Gasteiger partial charge in [-0.15, -0.1) is 11.3 Å². The van der Waals surface area contributed by atoms with Crippen LogP contribution in [0.15, 0.2) is 0 Å². The molecule has 2 rings (SSSR count). The maximum Gasteiger partial charge on any atom is 0.119 e. The van der Waals surface area contributed by atoms with Gasteiger partial charge in [0, 0.05) is 18.0 Å². The molecule has 0 aliphatic carbocycles. The second-order valence-corrected chi connectivity index (χ2v) is 5.78. The molecule has 5 heteroatoms. The fourth-order valence-corrected chi connectivity index (χ4v) is 2.72. The van der Waals surface area contributed by atoms with Crippen molar-refractivity contribution >= 4 is 11.3 Å². The summed E-state index contributed by atoms with van der Waals surface area (Å²) >= 11 is 1.71. The lowest BCUT2D eigenvalue weighted by Crippen LogP contribution is -2.45. The van der Waals surface area contributed by atoms with E-state index >= 15 is 0 Å². The third kappa shape index (κ3) is 3.74. The van der Waals surface area contributed by atoms with E-state index in [4.69, 9.17) is 9.47 Å². The van der Waals surface area contributed by atoms with Gasteiger partial charge in [-0.05, 0) is 20.8 Å². The van der Waals surface area contributed by atoms with E-state index in [2.05, 4.69) is 24.1 Å². The molecule has 0 radical (unpaired) electrons. The van der Waals surface area contributed by atoms with Gasteiger partial charge in [0.25, 0.3) is 0 Å². The summed E-state index contributed by atoms with van der Waals surface area (Å²) in [6.07, 6.45) is 0.447. The van der Waals surface area contributed by atoms with E-state index in [0.29, 0.717) is 13.2 Å². The van der Waals surface area contributed by atoms with Crippen LogP contribution in [-0.4, -0.2) is 36.9 Å². The highest BCUT2D eigenvalue weighted by molar-refractivity contribution is 7.11. The second-order valence-electron chi connectivity index (χ2n) is 4.49. The molecule has 0 saturated carbocycles. The van der Waals surface area contributed by atoms with Gasteiger partial charge in [-0.2, -0.15) is 0 Å².